The maximum Gasteiger partial charge on any atom is 0.331 e. The third-order valence-corrected chi connectivity index (χ3v) is 2.92. The first-order valence-corrected chi connectivity index (χ1v) is 6.02. The molecule has 0 saturated carbocycles. The van der Waals surface area contributed by atoms with E-state index in [2.05, 4.69) is 0 Å². The molecule has 1 fully saturated rings. The van der Waals surface area contributed by atoms with Crippen molar-refractivity contribution in [2.45, 2.75) is 12.8 Å². The summed E-state index contributed by atoms with van der Waals surface area (Å²) in [6, 6.07) is 8.99. The van der Waals surface area contributed by atoms with Gasteiger partial charge in [0, 0.05) is 31.8 Å². The van der Waals surface area contributed by atoms with E-state index < -0.39 is 0 Å². The van der Waals surface area contributed by atoms with Crippen LogP contribution in [0.15, 0.2) is 30.3 Å². The molecule has 0 spiro atoms. The van der Waals surface area contributed by atoms with Crippen molar-refractivity contribution in [3.63, 3.8) is 0 Å². The molecule has 5 heteroatoms. The summed E-state index contributed by atoms with van der Waals surface area (Å²) in [5.41, 5.74) is 0.795. The van der Waals surface area contributed by atoms with Crippen LogP contribution in [0.4, 0.5) is 10.5 Å². The lowest BCUT2D eigenvalue weighted by molar-refractivity contribution is -0.128. The summed E-state index contributed by atoms with van der Waals surface area (Å²) in [6.07, 6.45) is 0.742. The van der Waals surface area contributed by atoms with Crippen LogP contribution in [-0.4, -0.2) is 41.6 Å². The highest BCUT2D eigenvalue weighted by atomic mass is 16.3. The van der Waals surface area contributed by atoms with Crippen LogP contribution < -0.4 is 4.90 Å². The van der Waals surface area contributed by atoms with E-state index in [1.807, 2.05) is 30.3 Å². The van der Waals surface area contributed by atoms with Crippen LogP contribution in [0.25, 0.3) is 0 Å². The first-order chi connectivity index (χ1) is 8.74. The van der Waals surface area contributed by atoms with Gasteiger partial charge in [-0.1, -0.05) is 18.2 Å². The van der Waals surface area contributed by atoms with Crippen molar-refractivity contribution >= 4 is 17.6 Å². The first-order valence-electron chi connectivity index (χ1n) is 6.02. The molecule has 3 amide bonds. The fourth-order valence-electron chi connectivity index (χ4n) is 1.99. The molecular weight excluding hydrogens is 232 g/mol. The molecule has 1 N–H and O–H groups in total. The Hall–Kier alpha value is -1.88. The van der Waals surface area contributed by atoms with Gasteiger partial charge in [0.05, 0.1) is 0 Å². The van der Waals surface area contributed by atoms with Gasteiger partial charge in [0.1, 0.15) is 0 Å². The SMILES string of the molecule is O=C1CCN(c2ccccc2)C(=O)N1CCCO. The largest absolute Gasteiger partial charge is 0.396 e. The summed E-state index contributed by atoms with van der Waals surface area (Å²) in [4.78, 5) is 26.7. The number of hydrogen-bond acceptors (Lipinski definition) is 3. The number of rotatable bonds is 4. The van der Waals surface area contributed by atoms with Crippen molar-refractivity contribution < 1.29 is 14.7 Å². The minimum atomic E-state index is -0.300. The number of benzene rings is 1. The quantitative estimate of drug-likeness (QED) is 0.871. The van der Waals surface area contributed by atoms with Gasteiger partial charge in [-0.3, -0.25) is 14.6 Å². The van der Waals surface area contributed by atoms with E-state index in [9.17, 15) is 9.59 Å². The maximum atomic E-state index is 12.2. The van der Waals surface area contributed by atoms with E-state index in [1.54, 1.807) is 4.90 Å². The molecule has 0 bridgehead atoms. The summed E-state index contributed by atoms with van der Waals surface area (Å²) in [5.74, 6) is -0.166. The average molecular weight is 248 g/mol. The molecule has 18 heavy (non-hydrogen) atoms. The fraction of sp³-hybridized carbons (Fsp3) is 0.385. The van der Waals surface area contributed by atoms with Gasteiger partial charge >= 0.3 is 6.03 Å². The zero-order valence-electron chi connectivity index (χ0n) is 10.1. The van der Waals surface area contributed by atoms with Crippen molar-refractivity contribution in [1.82, 2.24) is 4.90 Å². The number of carbonyl (C=O) groups excluding carboxylic acids is 2. The van der Waals surface area contributed by atoms with Crippen LogP contribution in [0.5, 0.6) is 0 Å². The number of anilines is 1. The molecule has 96 valence electrons. The predicted octanol–water partition coefficient (Wildman–Crippen LogP) is 1.23. The minimum absolute atomic E-state index is 0.0254. The Morgan fingerprint density at radius 2 is 1.89 bits per heavy atom. The third-order valence-electron chi connectivity index (χ3n) is 2.92. The highest BCUT2D eigenvalue weighted by Crippen LogP contribution is 2.20. The molecular formula is C13H16N2O3. The van der Waals surface area contributed by atoms with Gasteiger partial charge in [-0.2, -0.15) is 0 Å². The number of amides is 3. The predicted molar refractivity (Wildman–Crippen MR) is 67.2 cm³/mol. The third kappa shape index (κ3) is 2.51. The van der Waals surface area contributed by atoms with Crippen LogP contribution in [0.3, 0.4) is 0 Å². The van der Waals surface area contributed by atoms with Gasteiger partial charge in [-0.25, -0.2) is 4.79 Å². The maximum absolute atomic E-state index is 12.2. The number of imide groups is 1. The van der Waals surface area contributed by atoms with Crippen molar-refractivity contribution in [1.29, 1.82) is 0 Å². The van der Waals surface area contributed by atoms with Gasteiger partial charge in [-0.15, -0.1) is 0 Å². The van der Waals surface area contributed by atoms with Gasteiger partial charge in [0.15, 0.2) is 0 Å². The summed E-state index contributed by atoms with van der Waals surface area (Å²) in [6.45, 7) is 0.664. The van der Waals surface area contributed by atoms with Crippen LogP contribution in [0.1, 0.15) is 12.8 Å². The van der Waals surface area contributed by atoms with Crippen molar-refractivity contribution in [2.75, 3.05) is 24.6 Å². The molecule has 0 atom stereocenters. The van der Waals surface area contributed by atoms with Crippen molar-refractivity contribution in [3.05, 3.63) is 30.3 Å². The van der Waals surface area contributed by atoms with E-state index in [4.69, 9.17) is 5.11 Å². The van der Waals surface area contributed by atoms with Crippen LogP contribution in [-0.2, 0) is 4.79 Å². The molecule has 1 aliphatic heterocycles. The lowest BCUT2D eigenvalue weighted by Crippen LogP contribution is -2.52. The molecule has 1 aromatic rings. The lowest BCUT2D eigenvalue weighted by atomic mass is 10.2. The fourth-order valence-corrected chi connectivity index (χ4v) is 1.99. The number of hydrogen-bond donors (Lipinski definition) is 1. The number of para-hydroxylation sites is 1. The highest BCUT2D eigenvalue weighted by Gasteiger charge is 2.32. The number of aliphatic hydroxyl groups is 1. The Morgan fingerprint density at radius 1 is 1.17 bits per heavy atom. The van der Waals surface area contributed by atoms with Gasteiger partial charge in [0.25, 0.3) is 0 Å². The zero-order valence-corrected chi connectivity index (χ0v) is 10.1. The molecule has 1 aliphatic rings. The van der Waals surface area contributed by atoms with Crippen LogP contribution in [0, 0.1) is 0 Å². The van der Waals surface area contributed by atoms with E-state index in [0.717, 1.165) is 5.69 Å². The smallest absolute Gasteiger partial charge is 0.331 e. The summed E-state index contributed by atoms with van der Waals surface area (Å²) in [7, 11) is 0. The van der Waals surface area contributed by atoms with E-state index in [1.165, 1.54) is 4.90 Å². The van der Waals surface area contributed by atoms with Gasteiger partial charge in [-0.05, 0) is 18.6 Å². The molecule has 0 unspecified atom stereocenters. The molecule has 5 nitrogen and oxygen atoms in total. The topological polar surface area (TPSA) is 60.9 Å². The monoisotopic (exact) mass is 248 g/mol. The number of nitrogens with zero attached hydrogens (tertiary/aromatic N) is 2. The Bertz CT molecular complexity index is 433. The number of urea groups is 1. The molecule has 1 aromatic carbocycles. The minimum Gasteiger partial charge on any atom is -0.396 e. The summed E-state index contributed by atoms with van der Waals surface area (Å²) >= 11 is 0. The highest BCUT2D eigenvalue weighted by molar-refractivity contribution is 6.05. The van der Waals surface area contributed by atoms with E-state index in [-0.39, 0.29) is 25.1 Å². The second-order valence-electron chi connectivity index (χ2n) is 4.14. The molecule has 1 saturated heterocycles. The Kier molecular flexibility index (Phi) is 3.94. The van der Waals surface area contributed by atoms with E-state index in [0.29, 0.717) is 19.4 Å². The van der Waals surface area contributed by atoms with Gasteiger partial charge in [0.2, 0.25) is 5.91 Å². The Morgan fingerprint density at radius 3 is 2.56 bits per heavy atom. The lowest BCUT2D eigenvalue weighted by Gasteiger charge is -2.34. The summed E-state index contributed by atoms with van der Waals surface area (Å²) in [5, 5.41) is 8.79. The number of aliphatic hydroxyl groups excluding tert-OH is 1. The second kappa shape index (κ2) is 5.64. The zero-order chi connectivity index (χ0) is 13.0. The molecule has 0 aromatic heterocycles. The van der Waals surface area contributed by atoms with Crippen LogP contribution >= 0.6 is 0 Å². The standard InChI is InChI=1S/C13H16N2O3/c16-10-4-8-15-12(17)7-9-14(13(15)18)11-5-2-1-3-6-11/h1-3,5-6,16H,4,7-10H2. The first kappa shape index (κ1) is 12.6. The average Bonchev–Trinajstić information content (AvgIpc) is 2.40. The summed E-state index contributed by atoms with van der Waals surface area (Å²) < 4.78 is 0. The molecule has 2 rings (SSSR count). The van der Waals surface area contributed by atoms with Gasteiger partial charge < -0.3 is 5.11 Å². The Labute approximate surface area is 106 Å². The Balaban J connectivity index is 2.14. The number of carbonyl (C=O) groups is 2. The van der Waals surface area contributed by atoms with Crippen molar-refractivity contribution in [2.24, 2.45) is 0 Å². The second-order valence-corrected chi connectivity index (χ2v) is 4.14. The molecule has 0 aliphatic carbocycles. The van der Waals surface area contributed by atoms with Crippen molar-refractivity contribution in [3.8, 4) is 0 Å². The molecule has 1 heterocycles. The van der Waals surface area contributed by atoms with Crippen LogP contribution in [0.2, 0.25) is 0 Å². The van der Waals surface area contributed by atoms with E-state index >= 15 is 0 Å². The normalized spacial score (nSPS) is 16.3. The molecule has 0 radical (unpaired) electrons.